The molecule has 0 atom stereocenters. The molecule has 0 radical (unpaired) electrons. The van der Waals surface area contributed by atoms with Gasteiger partial charge in [0.1, 0.15) is 0 Å². The molecule has 0 aliphatic heterocycles. The van der Waals surface area contributed by atoms with Crippen molar-refractivity contribution in [2.24, 2.45) is 7.05 Å². The van der Waals surface area contributed by atoms with Crippen LogP contribution in [-0.2, 0) is 17.9 Å². The molecular weight excluding hydrogens is 403 g/mol. The Morgan fingerprint density at radius 3 is 1.71 bits per heavy atom. The summed E-state index contributed by atoms with van der Waals surface area (Å²) >= 11 is 0. The summed E-state index contributed by atoms with van der Waals surface area (Å²) in [6, 6.07) is 34.1. The molecule has 0 aliphatic rings. The maximum atomic E-state index is 12.3. The quantitative estimate of drug-likeness (QED) is 0.331. The molecule has 5 heteroatoms. The van der Waals surface area contributed by atoms with Gasteiger partial charge in [-0.15, -0.1) is 0 Å². The number of aryl methyl sites for hydroxylation is 1. The summed E-state index contributed by atoms with van der Waals surface area (Å²) in [5.41, 5.74) is 1.38. The number of hydrogen-bond donors (Lipinski definition) is 0. The van der Waals surface area contributed by atoms with Crippen molar-refractivity contribution in [3.05, 3.63) is 108 Å². The Morgan fingerprint density at radius 2 is 1.29 bits per heavy atom. The van der Waals surface area contributed by atoms with Crippen LogP contribution in [0.3, 0.4) is 0 Å². The summed E-state index contributed by atoms with van der Waals surface area (Å²) in [6.07, 6.45) is 0.786. The standard InChI is InChI=1S/C26H27N2O2P/c1-3-30-26(29)25-19-21(28(2)27-25)20-31(22-13-7-4-8-14-22,23-15-9-5-10-16-23)24-17-11-6-12-18-24/h4-19,31H,3,20H2,1-2H3. The topological polar surface area (TPSA) is 44.1 Å². The van der Waals surface area contributed by atoms with E-state index in [0.29, 0.717) is 12.3 Å². The third-order valence-electron chi connectivity index (χ3n) is 5.71. The Bertz CT molecular complexity index is 1050. The molecule has 0 spiro atoms. The van der Waals surface area contributed by atoms with Crippen molar-refractivity contribution in [1.82, 2.24) is 9.78 Å². The average Bonchev–Trinajstić information content (AvgIpc) is 3.19. The van der Waals surface area contributed by atoms with E-state index in [-0.39, 0.29) is 5.97 Å². The van der Waals surface area contributed by atoms with E-state index >= 15 is 0 Å². The maximum absolute atomic E-state index is 12.3. The van der Waals surface area contributed by atoms with Crippen LogP contribution >= 0.6 is 7.26 Å². The molecule has 0 aliphatic carbocycles. The first-order valence-corrected chi connectivity index (χ1v) is 12.7. The van der Waals surface area contributed by atoms with Crippen molar-refractivity contribution < 1.29 is 9.53 Å². The molecule has 1 heterocycles. The summed E-state index contributed by atoms with van der Waals surface area (Å²) in [7, 11) is -0.548. The van der Waals surface area contributed by atoms with Crippen LogP contribution in [0.1, 0.15) is 23.1 Å². The molecule has 0 saturated carbocycles. The van der Waals surface area contributed by atoms with Crippen molar-refractivity contribution in [2.45, 2.75) is 13.1 Å². The van der Waals surface area contributed by atoms with Gasteiger partial charge in [-0.1, -0.05) is 0 Å². The van der Waals surface area contributed by atoms with Gasteiger partial charge in [0.25, 0.3) is 0 Å². The van der Waals surface area contributed by atoms with Crippen LogP contribution in [0.15, 0.2) is 97.1 Å². The zero-order valence-electron chi connectivity index (χ0n) is 17.9. The molecule has 4 nitrogen and oxygen atoms in total. The zero-order valence-corrected chi connectivity index (χ0v) is 18.9. The van der Waals surface area contributed by atoms with Gasteiger partial charge in [-0.2, -0.15) is 0 Å². The molecule has 0 unspecified atom stereocenters. The molecule has 0 amide bonds. The number of hydrogen-bond acceptors (Lipinski definition) is 3. The van der Waals surface area contributed by atoms with Gasteiger partial charge < -0.3 is 0 Å². The van der Waals surface area contributed by atoms with Crippen LogP contribution in [0.5, 0.6) is 0 Å². The van der Waals surface area contributed by atoms with Crippen LogP contribution in [0.25, 0.3) is 0 Å². The van der Waals surface area contributed by atoms with E-state index in [1.807, 2.05) is 17.8 Å². The normalized spacial score (nSPS) is 11.8. The Kier molecular flexibility index (Phi) is 6.29. The first kappa shape index (κ1) is 21.0. The van der Waals surface area contributed by atoms with Crippen molar-refractivity contribution in [3.8, 4) is 0 Å². The van der Waals surface area contributed by atoms with Gasteiger partial charge in [0, 0.05) is 0 Å². The summed E-state index contributed by atoms with van der Waals surface area (Å²) < 4.78 is 7.00. The third-order valence-corrected chi connectivity index (χ3v) is 10.6. The fourth-order valence-electron chi connectivity index (χ4n) is 4.22. The number of rotatable bonds is 7. The molecule has 3 aromatic carbocycles. The number of nitrogens with zero attached hydrogens (tertiary/aromatic N) is 2. The second kappa shape index (κ2) is 9.28. The summed E-state index contributed by atoms with van der Waals surface area (Å²) in [6.45, 7) is 2.14. The molecule has 0 fully saturated rings. The summed E-state index contributed by atoms with van der Waals surface area (Å²) in [5.74, 6) is -0.379. The van der Waals surface area contributed by atoms with E-state index in [9.17, 15) is 4.79 Å². The molecule has 1 aromatic heterocycles. The van der Waals surface area contributed by atoms with Crippen molar-refractivity contribution in [1.29, 1.82) is 0 Å². The van der Waals surface area contributed by atoms with Crippen LogP contribution in [0.4, 0.5) is 0 Å². The van der Waals surface area contributed by atoms with E-state index in [4.69, 9.17) is 4.74 Å². The van der Waals surface area contributed by atoms with Gasteiger partial charge in [-0.25, -0.2) is 0 Å². The van der Waals surface area contributed by atoms with Gasteiger partial charge in [0.2, 0.25) is 0 Å². The van der Waals surface area contributed by atoms with E-state index in [0.717, 1.165) is 11.9 Å². The minimum absolute atomic E-state index is 0.335. The predicted octanol–water partition coefficient (Wildman–Crippen LogP) is 3.82. The van der Waals surface area contributed by atoms with Crippen molar-refractivity contribution in [2.75, 3.05) is 6.61 Å². The molecule has 158 valence electrons. The van der Waals surface area contributed by atoms with E-state index < -0.39 is 7.26 Å². The SMILES string of the molecule is CCOC(=O)c1cc(C[PH](c2ccccc2)(c2ccccc2)c2ccccc2)n(C)n1. The zero-order chi connectivity index (χ0) is 21.7. The van der Waals surface area contributed by atoms with Crippen molar-refractivity contribution >= 4 is 29.1 Å². The molecule has 31 heavy (non-hydrogen) atoms. The van der Waals surface area contributed by atoms with Gasteiger partial charge in [-0.05, 0) is 0 Å². The Labute approximate surface area is 183 Å². The summed E-state index contributed by atoms with van der Waals surface area (Å²) in [4.78, 5) is 12.3. The average molecular weight is 430 g/mol. The Balaban J connectivity index is 1.92. The third kappa shape index (κ3) is 4.17. The molecule has 4 aromatic rings. The fourth-order valence-corrected chi connectivity index (χ4v) is 8.99. The number of esters is 1. The summed E-state index contributed by atoms with van der Waals surface area (Å²) in [5, 5.41) is 8.43. The predicted molar refractivity (Wildman–Crippen MR) is 129 cm³/mol. The van der Waals surface area contributed by atoms with E-state index in [1.165, 1.54) is 15.9 Å². The molecule has 0 N–H and O–H groups in total. The van der Waals surface area contributed by atoms with E-state index in [2.05, 4.69) is 96.1 Å². The number of ether oxygens (including phenoxy) is 1. The van der Waals surface area contributed by atoms with Crippen molar-refractivity contribution in [3.63, 3.8) is 0 Å². The van der Waals surface area contributed by atoms with Gasteiger partial charge in [0.05, 0.1) is 0 Å². The van der Waals surface area contributed by atoms with Crippen LogP contribution in [0.2, 0.25) is 0 Å². The minimum atomic E-state index is -2.45. The van der Waals surface area contributed by atoms with Gasteiger partial charge in [0.15, 0.2) is 0 Å². The van der Waals surface area contributed by atoms with Gasteiger partial charge in [-0.3, -0.25) is 0 Å². The second-order valence-corrected chi connectivity index (χ2v) is 11.4. The molecule has 0 saturated heterocycles. The number of aromatic nitrogens is 2. The number of carbonyl (C=O) groups excluding carboxylic acids is 1. The second-order valence-electron chi connectivity index (χ2n) is 7.55. The van der Waals surface area contributed by atoms with Gasteiger partial charge >= 0.3 is 184 Å². The molecule has 0 bridgehead atoms. The molecular formula is C26H27N2O2P. The fraction of sp³-hybridized carbons (Fsp3) is 0.154. The first-order valence-electron chi connectivity index (χ1n) is 10.5. The van der Waals surface area contributed by atoms with Crippen LogP contribution < -0.4 is 15.9 Å². The monoisotopic (exact) mass is 430 g/mol. The first-order chi connectivity index (χ1) is 15.1. The number of benzene rings is 3. The Hall–Kier alpha value is -3.23. The van der Waals surface area contributed by atoms with Crippen LogP contribution in [-0.4, -0.2) is 22.4 Å². The van der Waals surface area contributed by atoms with E-state index in [1.54, 1.807) is 6.92 Å². The molecule has 4 rings (SSSR count). The van der Waals surface area contributed by atoms with Crippen LogP contribution in [0, 0.1) is 0 Å². The number of carbonyl (C=O) groups is 1. The Morgan fingerprint density at radius 1 is 0.839 bits per heavy atom.